The van der Waals surface area contributed by atoms with Gasteiger partial charge in [0.2, 0.25) is 0 Å². The first-order valence-electron chi connectivity index (χ1n) is 10.1. The lowest BCUT2D eigenvalue weighted by Crippen LogP contribution is -2.07. The summed E-state index contributed by atoms with van der Waals surface area (Å²) in [4.78, 5) is 4.69. The van der Waals surface area contributed by atoms with Crippen LogP contribution in [0.4, 0.5) is 0 Å². The van der Waals surface area contributed by atoms with Gasteiger partial charge in [0.15, 0.2) is 0 Å². The first kappa shape index (κ1) is 19.3. The second-order valence-electron chi connectivity index (χ2n) is 7.98. The molecule has 29 heavy (non-hydrogen) atoms. The van der Waals surface area contributed by atoms with Crippen LogP contribution in [0.2, 0.25) is 0 Å². The summed E-state index contributed by atoms with van der Waals surface area (Å²) < 4.78 is 8.47. The van der Waals surface area contributed by atoms with Crippen LogP contribution in [-0.4, -0.2) is 9.55 Å². The van der Waals surface area contributed by atoms with E-state index in [0.29, 0.717) is 6.61 Å². The Bertz CT molecular complexity index is 1170. The van der Waals surface area contributed by atoms with Gasteiger partial charge in [-0.15, -0.1) is 0 Å². The number of pyridine rings is 1. The lowest BCUT2D eigenvalue weighted by Gasteiger charge is -2.14. The minimum atomic E-state index is 0.454. The van der Waals surface area contributed by atoms with Gasteiger partial charge in [-0.2, -0.15) is 0 Å². The van der Waals surface area contributed by atoms with Crippen LogP contribution >= 0.6 is 0 Å². The van der Waals surface area contributed by atoms with E-state index in [1.165, 1.54) is 44.4 Å². The molecular formula is C26H28N2O. The maximum atomic E-state index is 6.08. The van der Waals surface area contributed by atoms with Gasteiger partial charge < -0.3 is 9.30 Å². The average Bonchev–Trinajstić information content (AvgIpc) is 2.96. The number of aromatic nitrogens is 2. The molecule has 0 amide bonds. The molecule has 0 unspecified atom stereocenters. The number of hydrogen-bond donors (Lipinski definition) is 0. The minimum Gasteiger partial charge on any atom is -0.487 e. The predicted molar refractivity (Wildman–Crippen MR) is 120 cm³/mol. The van der Waals surface area contributed by atoms with Crippen molar-refractivity contribution in [3.8, 4) is 5.75 Å². The number of aryl methyl sites for hydroxylation is 4. The second kappa shape index (κ2) is 7.75. The molecule has 0 aliphatic rings. The highest BCUT2D eigenvalue weighted by Crippen LogP contribution is 2.29. The third kappa shape index (κ3) is 3.77. The largest absolute Gasteiger partial charge is 0.487 e. The summed E-state index contributed by atoms with van der Waals surface area (Å²) in [5.41, 5.74) is 9.92. The fourth-order valence-corrected chi connectivity index (χ4v) is 3.90. The Kier molecular flexibility index (Phi) is 5.14. The molecule has 148 valence electrons. The molecule has 2 heterocycles. The van der Waals surface area contributed by atoms with Crippen molar-refractivity contribution in [1.29, 1.82) is 0 Å². The van der Waals surface area contributed by atoms with Gasteiger partial charge in [0.25, 0.3) is 0 Å². The van der Waals surface area contributed by atoms with E-state index in [1.807, 2.05) is 18.3 Å². The van der Waals surface area contributed by atoms with Crippen molar-refractivity contribution >= 4 is 10.9 Å². The highest BCUT2D eigenvalue weighted by Gasteiger charge is 2.16. The monoisotopic (exact) mass is 384 g/mol. The van der Waals surface area contributed by atoms with Crippen LogP contribution in [0.5, 0.6) is 5.75 Å². The van der Waals surface area contributed by atoms with Crippen LogP contribution in [0.3, 0.4) is 0 Å². The molecule has 0 aliphatic carbocycles. The van der Waals surface area contributed by atoms with Crippen LogP contribution in [0.1, 0.15) is 39.2 Å². The molecule has 0 radical (unpaired) electrons. The summed E-state index contributed by atoms with van der Waals surface area (Å²) in [5.74, 6) is 0.871. The van der Waals surface area contributed by atoms with Gasteiger partial charge in [-0.25, -0.2) is 0 Å². The molecule has 0 aliphatic heterocycles. The molecule has 3 nitrogen and oxygen atoms in total. The van der Waals surface area contributed by atoms with E-state index in [-0.39, 0.29) is 0 Å². The highest BCUT2D eigenvalue weighted by atomic mass is 16.5. The summed E-state index contributed by atoms with van der Waals surface area (Å²) in [6.07, 6.45) is 1.89. The van der Waals surface area contributed by atoms with Gasteiger partial charge in [0.1, 0.15) is 18.1 Å². The van der Waals surface area contributed by atoms with E-state index in [4.69, 9.17) is 9.72 Å². The zero-order valence-corrected chi connectivity index (χ0v) is 17.9. The quantitative estimate of drug-likeness (QED) is 0.409. The number of ether oxygens (including phenoxy) is 1. The maximum absolute atomic E-state index is 6.08. The van der Waals surface area contributed by atoms with E-state index in [2.05, 4.69) is 75.6 Å². The summed E-state index contributed by atoms with van der Waals surface area (Å²) in [5, 5.41) is 1.25. The molecule has 4 aromatic rings. The van der Waals surface area contributed by atoms with Crippen LogP contribution in [-0.2, 0) is 13.2 Å². The Balaban J connectivity index is 1.75. The Hall–Kier alpha value is -3.07. The van der Waals surface area contributed by atoms with E-state index >= 15 is 0 Å². The lowest BCUT2D eigenvalue weighted by atomic mass is 10.1. The number of rotatable bonds is 5. The molecule has 2 aromatic heterocycles. The molecule has 2 aromatic carbocycles. The highest BCUT2D eigenvalue weighted by molar-refractivity contribution is 5.87. The smallest absolute Gasteiger partial charge is 0.132 e. The number of nitrogens with zero attached hydrogens (tertiary/aromatic N) is 2. The normalized spacial score (nSPS) is 11.2. The summed E-state index contributed by atoms with van der Waals surface area (Å²) >= 11 is 0. The summed E-state index contributed by atoms with van der Waals surface area (Å²) in [6, 6.07) is 17.0. The van der Waals surface area contributed by atoms with Crippen molar-refractivity contribution in [2.24, 2.45) is 0 Å². The zero-order chi connectivity index (χ0) is 20.5. The molecule has 0 spiro atoms. The van der Waals surface area contributed by atoms with Crippen molar-refractivity contribution < 1.29 is 4.74 Å². The molecule has 3 heteroatoms. The van der Waals surface area contributed by atoms with Gasteiger partial charge in [-0.05, 0) is 69.5 Å². The summed E-state index contributed by atoms with van der Waals surface area (Å²) in [7, 11) is 0. The van der Waals surface area contributed by atoms with Crippen molar-refractivity contribution in [1.82, 2.24) is 9.55 Å². The first-order chi connectivity index (χ1) is 13.9. The molecule has 4 rings (SSSR count). The Labute approximate surface area is 173 Å². The fourth-order valence-electron chi connectivity index (χ4n) is 3.90. The topological polar surface area (TPSA) is 27.1 Å². The Morgan fingerprint density at radius 1 is 0.862 bits per heavy atom. The molecule has 0 saturated heterocycles. The number of fused-ring (bicyclic) bond motifs is 1. The van der Waals surface area contributed by atoms with Crippen molar-refractivity contribution in [2.75, 3.05) is 0 Å². The second-order valence-corrected chi connectivity index (χ2v) is 7.98. The van der Waals surface area contributed by atoms with E-state index < -0.39 is 0 Å². The molecule has 0 N–H and O–H groups in total. The fraction of sp³-hybridized carbons (Fsp3) is 0.269. The van der Waals surface area contributed by atoms with Crippen LogP contribution < -0.4 is 4.74 Å². The zero-order valence-electron chi connectivity index (χ0n) is 17.9. The Morgan fingerprint density at radius 2 is 1.59 bits per heavy atom. The van der Waals surface area contributed by atoms with Crippen LogP contribution in [0, 0.1) is 34.6 Å². The third-order valence-electron chi connectivity index (χ3n) is 5.85. The van der Waals surface area contributed by atoms with Crippen molar-refractivity contribution in [2.45, 2.75) is 47.8 Å². The van der Waals surface area contributed by atoms with Crippen molar-refractivity contribution in [3.05, 3.63) is 93.9 Å². The molecule has 0 atom stereocenters. The van der Waals surface area contributed by atoms with E-state index in [9.17, 15) is 0 Å². The molecule has 0 fully saturated rings. The third-order valence-corrected chi connectivity index (χ3v) is 5.85. The average molecular weight is 385 g/mol. The van der Waals surface area contributed by atoms with Gasteiger partial charge in [-0.3, -0.25) is 4.98 Å². The number of hydrogen-bond acceptors (Lipinski definition) is 2. The van der Waals surface area contributed by atoms with Crippen LogP contribution in [0.15, 0.2) is 54.7 Å². The number of benzene rings is 2. The van der Waals surface area contributed by atoms with Gasteiger partial charge in [-0.1, -0.05) is 41.5 Å². The van der Waals surface area contributed by atoms with Gasteiger partial charge >= 0.3 is 0 Å². The first-order valence-corrected chi connectivity index (χ1v) is 10.1. The van der Waals surface area contributed by atoms with Crippen LogP contribution in [0.25, 0.3) is 10.9 Å². The Morgan fingerprint density at radius 3 is 2.34 bits per heavy atom. The predicted octanol–water partition coefficient (Wildman–Crippen LogP) is 6.21. The summed E-state index contributed by atoms with van der Waals surface area (Å²) in [6.45, 7) is 12.1. The van der Waals surface area contributed by atoms with E-state index in [1.54, 1.807) is 0 Å². The lowest BCUT2D eigenvalue weighted by molar-refractivity contribution is 0.302. The SMILES string of the molecule is Cc1ccc(OCc2nccc3c(C)c(C)n(Cc4cc(C)ccc4C)c23)cc1. The maximum Gasteiger partial charge on any atom is 0.132 e. The minimum absolute atomic E-state index is 0.454. The van der Waals surface area contributed by atoms with Crippen molar-refractivity contribution in [3.63, 3.8) is 0 Å². The molecule has 0 bridgehead atoms. The molecular weight excluding hydrogens is 356 g/mol. The van der Waals surface area contributed by atoms with Gasteiger partial charge in [0.05, 0.1) is 5.52 Å². The molecule has 0 saturated carbocycles. The van der Waals surface area contributed by atoms with Gasteiger partial charge in [0, 0.05) is 23.8 Å². The van der Waals surface area contributed by atoms with E-state index in [0.717, 1.165) is 18.0 Å². The standard InChI is InChI=1S/C26H28N2O/c1-17-7-10-23(11-8-17)29-16-25-26-24(12-13-27-25)20(4)21(5)28(26)15-22-14-18(2)6-9-19(22)3/h6-14H,15-16H2,1-5H3.